The van der Waals surface area contributed by atoms with Gasteiger partial charge in [-0.1, -0.05) is 25.1 Å². The molecule has 2 heterocycles. The van der Waals surface area contributed by atoms with Crippen LogP contribution in [0.3, 0.4) is 0 Å². The smallest absolute Gasteiger partial charge is 0.302 e. The van der Waals surface area contributed by atoms with Crippen molar-refractivity contribution in [3.05, 3.63) is 11.6 Å². The Morgan fingerprint density at radius 1 is 1.19 bits per heavy atom. The molecule has 21 heavy (non-hydrogen) atoms. The molecule has 2 rings (SSSR count). The van der Waals surface area contributed by atoms with E-state index in [0.29, 0.717) is 18.1 Å². The molecule has 0 aliphatic rings. The van der Waals surface area contributed by atoms with E-state index >= 15 is 0 Å². The number of nitrogens with zero attached hydrogens (tertiary/aromatic N) is 7. The van der Waals surface area contributed by atoms with E-state index in [1.54, 1.807) is 4.68 Å². The molecule has 0 aliphatic heterocycles. The lowest BCUT2D eigenvalue weighted by Crippen LogP contribution is -2.13. The van der Waals surface area contributed by atoms with Gasteiger partial charge in [0.25, 0.3) is 0 Å². The lowest BCUT2D eigenvalue weighted by Gasteiger charge is -2.06. The SMILES string of the molecule is CCCCn1nnnc1CSc1nnc(C(F)(F)F)n1C. The number of aryl methyl sites for hydroxylation is 1. The van der Waals surface area contributed by atoms with Gasteiger partial charge in [0.15, 0.2) is 11.0 Å². The lowest BCUT2D eigenvalue weighted by atomic mass is 10.3. The highest BCUT2D eigenvalue weighted by atomic mass is 32.2. The number of hydrogen-bond donors (Lipinski definition) is 0. The normalized spacial score (nSPS) is 12.0. The maximum Gasteiger partial charge on any atom is 0.451 e. The highest BCUT2D eigenvalue weighted by molar-refractivity contribution is 7.98. The minimum atomic E-state index is -4.51. The molecule has 0 aromatic carbocycles. The molecule has 2 aromatic heterocycles. The van der Waals surface area contributed by atoms with Crippen LogP contribution in [0, 0.1) is 0 Å². The fourth-order valence-corrected chi connectivity index (χ4v) is 2.47. The zero-order valence-electron chi connectivity index (χ0n) is 11.5. The molecule has 0 aliphatic carbocycles. The van der Waals surface area contributed by atoms with Crippen molar-refractivity contribution in [3.63, 3.8) is 0 Å². The van der Waals surface area contributed by atoms with Gasteiger partial charge in [-0.25, -0.2) is 4.68 Å². The predicted molar refractivity (Wildman–Crippen MR) is 68.3 cm³/mol. The first-order valence-corrected chi connectivity index (χ1v) is 7.26. The van der Waals surface area contributed by atoms with Crippen LogP contribution >= 0.6 is 11.8 Å². The molecule has 0 amide bonds. The maximum absolute atomic E-state index is 12.6. The summed E-state index contributed by atoms with van der Waals surface area (Å²) < 4.78 is 40.4. The van der Waals surface area contributed by atoms with E-state index in [1.165, 1.54) is 7.05 Å². The van der Waals surface area contributed by atoms with Crippen molar-refractivity contribution in [2.24, 2.45) is 7.05 Å². The lowest BCUT2D eigenvalue weighted by molar-refractivity contribution is -0.147. The minimum absolute atomic E-state index is 0.173. The third kappa shape index (κ3) is 3.71. The molecule has 0 unspecified atom stereocenters. The average molecular weight is 321 g/mol. The summed E-state index contributed by atoms with van der Waals surface area (Å²) in [5.41, 5.74) is 0. The quantitative estimate of drug-likeness (QED) is 0.757. The predicted octanol–water partition coefficient (Wildman–Crippen LogP) is 1.91. The van der Waals surface area contributed by atoms with Crippen molar-refractivity contribution in [2.75, 3.05) is 0 Å². The zero-order chi connectivity index (χ0) is 15.5. The molecule has 0 N–H and O–H groups in total. The van der Waals surface area contributed by atoms with Gasteiger partial charge in [0.1, 0.15) is 0 Å². The molecule has 0 fully saturated rings. The Morgan fingerprint density at radius 2 is 1.95 bits per heavy atom. The number of tetrazole rings is 1. The zero-order valence-corrected chi connectivity index (χ0v) is 12.3. The van der Waals surface area contributed by atoms with Crippen LogP contribution in [0.5, 0.6) is 0 Å². The number of aromatic nitrogens is 7. The van der Waals surface area contributed by atoms with Crippen LogP contribution in [0.2, 0.25) is 0 Å². The minimum Gasteiger partial charge on any atom is -0.302 e. The number of hydrogen-bond acceptors (Lipinski definition) is 6. The largest absolute Gasteiger partial charge is 0.451 e. The molecule has 0 saturated heterocycles. The molecule has 7 nitrogen and oxygen atoms in total. The molecule has 11 heteroatoms. The van der Waals surface area contributed by atoms with Crippen LogP contribution in [0.25, 0.3) is 0 Å². The van der Waals surface area contributed by atoms with Gasteiger partial charge in [0.05, 0.1) is 5.75 Å². The van der Waals surface area contributed by atoms with Gasteiger partial charge in [0.2, 0.25) is 5.82 Å². The topological polar surface area (TPSA) is 74.3 Å². The molecule has 0 bridgehead atoms. The average Bonchev–Trinajstić information content (AvgIpc) is 2.99. The van der Waals surface area contributed by atoms with Crippen molar-refractivity contribution in [2.45, 2.75) is 43.4 Å². The van der Waals surface area contributed by atoms with Crippen LogP contribution < -0.4 is 0 Å². The Balaban J connectivity index is 2.04. The number of thioether (sulfide) groups is 1. The van der Waals surface area contributed by atoms with E-state index < -0.39 is 12.0 Å². The molecule has 0 atom stereocenters. The number of rotatable bonds is 6. The fraction of sp³-hybridized carbons (Fsp3) is 0.700. The molecule has 116 valence electrons. The van der Waals surface area contributed by atoms with Crippen molar-refractivity contribution < 1.29 is 13.2 Å². The van der Waals surface area contributed by atoms with Gasteiger partial charge in [-0.3, -0.25) is 0 Å². The fourth-order valence-electron chi connectivity index (χ4n) is 1.62. The molecular formula is C10H14F3N7S. The van der Waals surface area contributed by atoms with Gasteiger partial charge < -0.3 is 4.57 Å². The van der Waals surface area contributed by atoms with Crippen LogP contribution in [-0.4, -0.2) is 35.0 Å². The molecule has 2 aromatic rings. The van der Waals surface area contributed by atoms with Crippen molar-refractivity contribution >= 4 is 11.8 Å². The summed E-state index contributed by atoms with van der Waals surface area (Å²) in [7, 11) is 1.28. The number of alkyl halides is 3. The van der Waals surface area contributed by atoms with E-state index in [-0.39, 0.29) is 5.16 Å². The number of halogens is 3. The van der Waals surface area contributed by atoms with Gasteiger partial charge in [-0.15, -0.1) is 15.3 Å². The third-order valence-corrected chi connectivity index (χ3v) is 3.76. The summed E-state index contributed by atoms with van der Waals surface area (Å²) in [5, 5.41) is 18.2. The summed E-state index contributed by atoms with van der Waals surface area (Å²) in [4.78, 5) is 0. The van der Waals surface area contributed by atoms with Crippen LogP contribution in [-0.2, 0) is 25.5 Å². The summed E-state index contributed by atoms with van der Waals surface area (Å²) in [5.74, 6) is -0.0823. The van der Waals surface area contributed by atoms with Crippen molar-refractivity contribution in [1.29, 1.82) is 0 Å². The van der Waals surface area contributed by atoms with E-state index in [4.69, 9.17) is 0 Å². The Bertz CT molecular complexity index is 592. The summed E-state index contributed by atoms with van der Waals surface area (Å²) in [6, 6.07) is 0. The second-order valence-corrected chi connectivity index (χ2v) is 5.27. The highest BCUT2D eigenvalue weighted by Crippen LogP contribution is 2.30. The van der Waals surface area contributed by atoms with Crippen LogP contribution in [0.4, 0.5) is 13.2 Å². The van der Waals surface area contributed by atoms with E-state index in [0.717, 1.165) is 29.2 Å². The second kappa shape index (κ2) is 6.41. The Hall–Kier alpha value is -1.65. The molecule has 0 saturated carbocycles. The molecule has 0 spiro atoms. The summed E-state index contributed by atoms with van der Waals surface area (Å²) >= 11 is 1.12. The first kappa shape index (κ1) is 15.7. The van der Waals surface area contributed by atoms with Crippen LogP contribution in [0.1, 0.15) is 31.4 Å². The molecular weight excluding hydrogens is 307 g/mol. The first-order chi connectivity index (χ1) is 9.93. The Labute approximate surface area is 122 Å². The Kier molecular flexibility index (Phi) is 4.80. The third-order valence-electron chi connectivity index (χ3n) is 2.75. The summed E-state index contributed by atoms with van der Waals surface area (Å²) in [6.07, 6.45) is -2.57. The van der Waals surface area contributed by atoms with E-state index in [9.17, 15) is 13.2 Å². The Morgan fingerprint density at radius 3 is 2.57 bits per heavy atom. The highest BCUT2D eigenvalue weighted by Gasteiger charge is 2.37. The molecule has 0 radical (unpaired) electrons. The van der Waals surface area contributed by atoms with E-state index in [1.807, 2.05) is 0 Å². The monoisotopic (exact) mass is 321 g/mol. The van der Waals surface area contributed by atoms with Crippen LogP contribution in [0.15, 0.2) is 5.16 Å². The van der Waals surface area contributed by atoms with Gasteiger partial charge in [0, 0.05) is 13.6 Å². The van der Waals surface area contributed by atoms with Gasteiger partial charge in [-0.2, -0.15) is 13.2 Å². The maximum atomic E-state index is 12.6. The summed E-state index contributed by atoms with van der Waals surface area (Å²) in [6.45, 7) is 2.74. The van der Waals surface area contributed by atoms with Gasteiger partial charge in [-0.05, 0) is 16.8 Å². The van der Waals surface area contributed by atoms with E-state index in [2.05, 4.69) is 32.6 Å². The van der Waals surface area contributed by atoms with Crippen molar-refractivity contribution in [3.8, 4) is 0 Å². The van der Waals surface area contributed by atoms with Gasteiger partial charge >= 0.3 is 6.18 Å². The van der Waals surface area contributed by atoms with Crippen molar-refractivity contribution in [1.82, 2.24) is 35.0 Å². The standard InChI is InChI=1S/C10H14F3N7S/c1-3-4-5-20-7(14-17-18-20)6-21-9-16-15-8(19(9)2)10(11,12)13/h3-6H2,1-2H3. The first-order valence-electron chi connectivity index (χ1n) is 6.28. The number of unbranched alkanes of at least 4 members (excludes halogenated alkanes) is 1. The second-order valence-electron chi connectivity index (χ2n) is 4.32.